The third-order valence-electron chi connectivity index (χ3n) is 2.05. The number of aromatic nitrogens is 1. The predicted molar refractivity (Wildman–Crippen MR) is 47.4 cm³/mol. The summed E-state index contributed by atoms with van der Waals surface area (Å²) < 4.78 is 11.0. The van der Waals surface area contributed by atoms with Gasteiger partial charge in [-0.3, -0.25) is 4.98 Å². The normalized spacial score (nSPS) is 21.8. The molecule has 1 fully saturated rings. The molecule has 0 aliphatic carbocycles. The summed E-state index contributed by atoms with van der Waals surface area (Å²) in [6, 6.07) is 1.84. The lowest BCUT2D eigenvalue weighted by Gasteiger charge is -2.13. The zero-order valence-corrected chi connectivity index (χ0v) is 7.62. The van der Waals surface area contributed by atoms with E-state index in [1.807, 2.05) is 13.0 Å². The summed E-state index contributed by atoms with van der Waals surface area (Å²) in [5.74, 6) is 0.821. The van der Waals surface area contributed by atoms with E-state index in [-0.39, 0.29) is 6.29 Å². The largest absolute Gasteiger partial charge is 0.465 e. The highest BCUT2D eigenvalue weighted by molar-refractivity contribution is 5.27. The van der Waals surface area contributed by atoms with Crippen LogP contribution in [0.25, 0.3) is 0 Å². The van der Waals surface area contributed by atoms with Crippen molar-refractivity contribution in [1.82, 2.24) is 4.98 Å². The lowest BCUT2D eigenvalue weighted by Crippen LogP contribution is -2.14. The number of nitrogens with zero attached hydrogens (tertiary/aromatic N) is 1. The van der Waals surface area contributed by atoms with Crippen LogP contribution in [-0.2, 0) is 4.74 Å². The summed E-state index contributed by atoms with van der Waals surface area (Å²) in [7, 11) is 0. The molecule has 2 rings (SSSR count). The fraction of sp³-hybridized carbons (Fsp3) is 0.500. The van der Waals surface area contributed by atoms with Gasteiger partial charge in [0.1, 0.15) is 5.75 Å². The summed E-state index contributed by atoms with van der Waals surface area (Å²) in [6.45, 7) is 2.73. The Hall–Kier alpha value is -1.09. The van der Waals surface area contributed by atoms with Gasteiger partial charge in [0, 0.05) is 18.2 Å². The number of hydrogen-bond donors (Lipinski definition) is 0. The fourth-order valence-electron chi connectivity index (χ4n) is 1.33. The van der Waals surface area contributed by atoms with Gasteiger partial charge in [-0.1, -0.05) is 0 Å². The van der Waals surface area contributed by atoms with E-state index in [0.29, 0.717) is 0 Å². The van der Waals surface area contributed by atoms with E-state index in [4.69, 9.17) is 9.47 Å². The standard InChI is InChI=1S/C10H12NO2/c1-8-7-11-5-4-9(8)13-10-3-2-6-12-10/h4-5,10H,2-3,6H2,1H3. The van der Waals surface area contributed by atoms with Crippen LogP contribution < -0.4 is 4.74 Å². The maximum atomic E-state index is 5.61. The van der Waals surface area contributed by atoms with Crippen LogP contribution in [0.5, 0.6) is 5.75 Å². The molecule has 3 nitrogen and oxygen atoms in total. The van der Waals surface area contributed by atoms with Gasteiger partial charge in [-0.15, -0.1) is 0 Å². The molecule has 1 unspecified atom stereocenters. The zero-order chi connectivity index (χ0) is 9.10. The zero-order valence-electron chi connectivity index (χ0n) is 7.62. The first-order valence-electron chi connectivity index (χ1n) is 4.48. The molecule has 1 aliphatic heterocycles. The minimum Gasteiger partial charge on any atom is -0.465 e. The first-order chi connectivity index (χ1) is 6.36. The Morgan fingerprint density at radius 1 is 1.69 bits per heavy atom. The van der Waals surface area contributed by atoms with Gasteiger partial charge in [0.05, 0.1) is 12.8 Å². The SMILES string of the molecule is Cc1[c]nccc1OC1CCCO1. The van der Waals surface area contributed by atoms with E-state index >= 15 is 0 Å². The van der Waals surface area contributed by atoms with Gasteiger partial charge < -0.3 is 9.47 Å². The summed E-state index contributed by atoms with van der Waals surface area (Å²) in [4.78, 5) is 3.87. The molecule has 1 atom stereocenters. The maximum absolute atomic E-state index is 5.61. The van der Waals surface area contributed by atoms with Crippen LogP contribution in [-0.4, -0.2) is 17.9 Å². The molecular weight excluding hydrogens is 166 g/mol. The second-order valence-corrected chi connectivity index (χ2v) is 3.11. The van der Waals surface area contributed by atoms with E-state index in [2.05, 4.69) is 11.2 Å². The van der Waals surface area contributed by atoms with Crippen molar-refractivity contribution in [3.05, 3.63) is 24.0 Å². The molecule has 1 saturated heterocycles. The molecule has 13 heavy (non-hydrogen) atoms. The molecule has 1 aliphatic rings. The molecule has 0 spiro atoms. The minimum absolute atomic E-state index is 0.0745. The predicted octanol–water partition coefficient (Wildman–Crippen LogP) is 1.71. The van der Waals surface area contributed by atoms with Crippen LogP contribution >= 0.6 is 0 Å². The molecule has 0 N–H and O–H groups in total. The molecule has 3 heteroatoms. The van der Waals surface area contributed by atoms with E-state index in [1.54, 1.807) is 6.20 Å². The van der Waals surface area contributed by atoms with Gasteiger partial charge in [-0.2, -0.15) is 0 Å². The molecule has 1 radical (unpaired) electrons. The second kappa shape index (κ2) is 3.75. The Kier molecular flexibility index (Phi) is 2.45. The maximum Gasteiger partial charge on any atom is 0.199 e. The summed E-state index contributed by atoms with van der Waals surface area (Å²) in [5.41, 5.74) is 0.929. The topological polar surface area (TPSA) is 31.4 Å². The van der Waals surface area contributed by atoms with Crippen molar-refractivity contribution in [2.24, 2.45) is 0 Å². The minimum atomic E-state index is -0.0745. The van der Waals surface area contributed by atoms with Crippen LogP contribution in [0.4, 0.5) is 0 Å². The van der Waals surface area contributed by atoms with Crippen LogP contribution in [0, 0.1) is 13.1 Å². The average molecular weight is 178 g/mol. The van der Waals surface area contributed by atoms with E-state index < -0.39 is 0 Å². The highest BCUT2D eigenvalue weighted by Crippen LogP contribution is 2.21. The summed E-state index contributed by atoms with van der Waals surface area (Å²) in [5, 5.41) is 0. The Morgan fingerprint density at radius 2 is 2.62 bits per heavy atom. The van der Waals surface area contributed by atoms with Gasteiger partial charge >= 0.3 is 0 Å². The Balaban J connectivity index is 2.04. The molecule has 69 valence electrons. The Labute approximate surface area is 77.7 Å². The Bertz CT molecular complexity index is 282. The van der Waals surface area contributed by atoms with Crippen molar-refractivity contribution < 1.29 is 9.47 Å². The third kappa shape index (κ3) is 1.98. The molecule has 0 amide bonds. The average Bonchev–Trinajstić information content (AvgIpc) is 2.61. The first kappa shape index (κ1) is 8.51. The van der Waals surface area contributed by atoms with Crippen molar-refractivity contribution in [2.45, 2.75) is 26.1 Å². The molecular formula is C10H12NO2. The van der Waals surface area contributed by atoms with Gasteiger partial charge in [0.25, 0.3) is 0 Å². The highest BCUT2D eigenvalue weighted by atomic mass is 16.7. The van der Waals surface area contributed by atoms with Crippen molar-refractivity contribution >= 4 is 0 Å². The highest BCUT2D eigenvalue weighted by Gasteiger charge is 2.17. The van der Waals surface area contributed by atoms with Crippen molar-refractivity contribution in [2.75, 3.05) is 6.61 Å². The van der Waals surface area contributed by atoms with Gasteiger partial charge in [-0.25, -0.2) is 0 Å². The number of pyridine rings is 1. The van der Waals surface area contributed by atoms with Gasteiger partial charge in [0.2, 0.25) is 0 Å². The number of aryl methyl sites for hydroxylation is 1. The van der Waals surface area contributed by atoms with Crippen LogP contribution in [0.15, 0.2) is 12.3 Å². The molecule has 2 heterocycles. The fourth-order valence-corrected chi connectivity index (χ4v) is 1.33. The quantitative estimate of drug-likeness (QED) is 0.690. The van der Waals surface area contributed by atoms with Crippen LogP contribution in [0.2, 0.25) is 0 Å². The number of hydrogen-bond acceptors (Lipinski definition) is 3. The molecule has 0 saturated carbocycles. The van der Waals surface area contributed by atoms with Crippen LogP contribution in [0.1, 0.15) is 18.4 Å². The molecule has 1 aromatic rings. The molecule has 0 bridgehead atoms. The Morgan fingerprint density at radius 3 is 3.31 bits per heavy atom. The lowest BCUT2D eigenvalue weighted by atomic mass is 10.3. The van der Waals surface area contributed by atoms with E-state index in [9.17, 15) is 0 Å². The van der Waals surface area contributed by atoms with Crippen LogP contribution in [0.3, 0.4) is 0 Å². The van der Waals surface area contributed by atoms with Gasteiger partial charge in [0.15, 0.2) is 6.29 Å². The third-order valence-corrected chi connectivity index (χ3v) is 2.05. The van der Waals surface area contributed by atoms with Gasteiger partial charge in [-0.05, 0) is 19.4 Å². The number of ether oxygens (including phenoxy) is 2. The van der Waals surface area contributed by atoms with Crippen molar-refractivity contribution in [3.63, 3.8) is 0 Å². The smallest absolute Gasteiger partial charge is 0.199 e. The summed E-state index contributed by atoms with van der Waals surface area (Å²) in [6.07, 6.45) is 6.50. The second-order valence-electron chi connectivity index (χ2n) is 3.11. The summed E-state index contributed by atoms with van der Waals surface area (Å²) >= 11 is 0. The molecule has 0 aromatic carbocycles. The lowest BCUT2D eigenvalue weighted by molar-refractivity contribution is -0.0394. The first-order valence-corrected chi connectivity index (χ1v) is 4.48. The van der Waals surface area contributed by atoms with Crippen molar-refractivity contribution in [1.29, 1.82) is 0 Å². The van der Waals surface area contributed by atoms with E-state index in [0.717, 1.165) is 30.8 Å². The van der Waals surface area contributed by atoms with Crippen molar-refractivity contribution in [3.8, 4) is 5.75 Å². The number of rotatable bonds is 2. The molecule has 1 aromatic heterocycles. The van der Waals surface area contributed by atoms with E-state index in [1.165, 1.54) is 0 Å². The monoisotopic (exact) mass is 178 g/mol.